The molecule has 2 aromatic carbocycles. The summed E-state index contributed by atoms with van der Waals surface area (Å²) in [6.45, 7) is 0. The third kappa shape index (κ3) is 2.96. The van der Waals surface area contributed by atoms with Gasteiger partial charge in [0, 0.05) is 6.04 Å². The van der Waals surface area contributed by atoms with Gasteiger partial charge in [-0.1, -0.05) is 54.6 Å². The molecule has 0 aliphatic carbocycles. The van der Waals surface area contributed by atoms with Crippen molar-refractivity contribution in [2.45, 2.75) is 18.5 Å². The molecule has 0 saturated carbocycles. The summed E-state index contributed by atoms with van der Waals surface area (Å²) in [5.74, 6) is -0.231. The van der Waals surface area contributed by atoms with E-state index in [1.165, 1.54) is 18.2 Å². The van der Waals surface area contributed by atoms with E-state index in [1.807, 2.05) is 18.2 Å². The Hall–Kier alpha value is -2.17. The molecular weight excluding hydrogens is 264 g/mol. The average Bonchev–Trinajstić information content (AvgIpc) is 3.05. The van der Waals surface area contributed by atoms with Gasteiger partial charge >= 0.3 is 5.97 Å². The molecule has 4 heteroatoms. The van der Waals surface area contributed by atoms with Crippen LogP contribution in [0.15, 0.2) is 54.6 Å². The Morgan fingerprint density at radius 2 is 1.67 bits per heavy atom. The lowest BCUT2D eigenvalue weighted by Gasteiger charge is -2.10. The zero-order valence-electron chi connectivity index (χ0n) is 11.9. The summed E-state index contributed by atoms with van der Waals surface area (Å²) in [7, 11) is 1.41. The van der Waals surface area contributed by atoms with E-state index in [2.05, 4.69) is 47.2 Å². The molecule has 0 spiro atoms. The number of nitrogens with one attached hydrogen (secondary N) is 2. The maximum absolute atomic E-state index is 11.5. The summed E-state index contributed by atoms with van der Waals surface area (Å²) in [6.07, 6.45) is 0.692. The van der Waals surface area contributed by atoms with Crippen LogP contribution in [0.25, 0.3) is 11.1 Å². The van der Waals surface area contributed by atoms with Gasteiger partial charge in [-0.25, -0.2) is 10.9 Å². The number of carbonyl (C=O) groups is 1. The van der Waals surface area contributed by atoms with Gasteiger partial charge in [-0.3, -0.25) is 4.79 Å². The first-order chi connectivity index (χ1) is 10.3. The molecule has 1 heterocycles. The lowest BCUT2D eigenvalue weighted by molar-refractivity contribution is -0.142. The van der Waals surface area contributed by atoms with Crippen molar-refractivity contribution < 1.29 is 9.53 Å². The van der Waals surface area contributed by atoms with Crippen LogP contribution in [0.5, 0.6) is 0 Å². The minimum atomic E-state index is -0.284. The predicted octanol–water partition coefficient (Wildman–Crippen LogP) is 2.43. The van der Waals surface area contributed by atoms with Gasteiger partial charge in [0.05, 0.1) is 7.11 Å². The number of hydrazine groups is 1. The van der Waals surface area contributed by atoms with Crippen molar-refractivity contribution in [1.82, 2.24) is 10.9 Å². The van der Waals surface area contributed by atoms with Crippen molar-refractivity contribution in [2.24, 2.45) is 0 Å². The SMILES string of the molecule is COC(=O)C1CC(c2ccc(-c3ccccc3)cc2)NN1. The van der Waals surface area contributed by atoms with E-state index in [0.717, 1.165) is 5.56 Å². The van der Waals surface area contributed by atoms with Crippen LogP contribution in [0.2, 0.25) is 0 Å². The number of hydrogen-bond donors (Lipinski definition) is 2. The average molecular weight is 282 g/mol. The lowest BCUT2D eigenvalue weighted by Crippen LogP contribution is -2.36. The van der Waals surface area contributed by atoms with E-state index in [4.69, 9.17) is 4.74 Å². The van der Waals surface area contributed by atoms with Crippen molar-refractivity contribution in [3.8, 4) is 11.1 Å². The summed E-state index contributed by atoms with van der Waals surface area (Å²) < 4.78 is 4.75. The fourth-order valence-corrected chi connectivity index (χ4v) is 2.61. The van der Waals surface area contributed by atoms with Crippen LogP contribution in [0.1, 0.15) is 18.0 Å². The highest BCUT2D eigenvalue weighted by Gasteiger charge is 2.30. The molecule has 108 valence electrons. The molecule has 2 unspecified atom stereocenters. The Labute approximate surface area is 124 Å². The molecule has 21 heavy (non-hydrogen) atoms. The van der Waals surface area contributed by atoms with Crippen LogP contribution in [0.4, 0.5) is 0 Å². The number of ether oxygens (including phenoxy) is 1. The second-order valence-electron chi connectivity index (χ2n) is 5.14. The van der Waals surface area contributed by atoms with Crippen molar-refractivity contribution >= 4 is 5.97 Å². The molecule has 2 N–H and O–H groups in total. The first kappa shape index (κ1) is 13.8. The van der Waals surface area contributed by atoms with E-state index in [9.17, 15) is 4.79 Å². The first-order valence-electron chi connectivity index (χ1n) is 7.02. The predicted molar refractivity (Wildman–Crippen MR) is 81.3 cm³/mol. The van der Waals surface area contributed by atoms with Crippen LogP contribution < -0.4 is 10.9 Å². The van der Waals surface area contributed by atoms with E-state index in [-0.39, 0.29) is 18.1 Å². The van der Waals surface area contributed by atoms with E-state index in [0.29, 0.717) is 6.42 Å². The maximum Gasteiger partial charge on any atom is 0.324 e. The number of hydrogen-bond acceptors (Lipinski definition) is 4. The molecule has 1 aliphatic heterocycles. The van der Waals surface area contributed by atoms with Gasteiger partial charge in [-0.2, -0.15) is 0 Å². The van der Waals surface area contributed by atoms with Gasteiger partial charge < -0.3 is 4.74 Å². The van der Waals surface area contributed by atoms with E-state index in [1.54, 1.807) is 0 Å². The molecule has 1 aliphatic rings. The smallest absolute Gasteiger partial charge is 0.324 e. The quantitative estimate of drug-likeness (QED) is 0.849. The van der Waals surface area contributed by atoms with E-state index < -0.39 is 0 Å². The molecule has 4 nitrogen and oxygen atoms in total. The van der Waals surface area contributed by atoms with Crippen molar-refractivity contribution in [2.75, 3.05) is 7.11 Å². The normalized spacial score (nSPS) is 21.2. The second-order valence-corrected chi connectivity index (χ2v) is 5.14. The Morgan fingerprint density at radius 3 is 2.33 bits per heavy atom. The lowest BCUT2D eigenvalue weighted by atomic mass is 9.98. The summed E-state index contributed by atoms with van der Waals surface area (Å²) in [6, 6.07) is 18.5. The Morgan fingerprint density at radius 1 is 1.00 bits per heavy atom. The molecule has 1 fully saturated rings. The molecule has 0 amide bonds. The standard InChI is InChI=1S/C17H18N2O2/c1-21-17(20)16-11-15(18-19-16)14-9-7-13(8-10-14)12-5-3-2-4-6-12/h2-10,15-16,18-19H,11H2,1H3. The van der Waals surface area contributed by atoms with Crippen LogP contribution in [0, 0.1) is 0 Å². The summed E-state index contributed by atoms with van der Waals surface area (Å²) in [4.78, 5) is 11.5. The molecule has 0 radical (unpaired) electrons. The zero-order chi connectivity index (χ0) is 14.7. The maximum atomic E-state index is 11.5. The largest absolute Gasteiger partial charge is 0.468 e. The van der Waals surface area contributed by atoms with E-state index >= 15 is 0 Å². The third-order valence-electron chi connectivity index (χ3n) is 3.81. The van der Waals surface area contributed by atoms with Crippen LogP contribution in [-0.2, 0) is 9.53 Å². The Kier molecular flexibility index (Phi) is 3.99. The van der Waals surface area contributed by atoms with Crippen molar-refractivity contribution in [1.29, 1.82) is 0 Å². The molecule has 0 aromatic heterocycles. The van der Waals surface area contributed by atoms with Gasteiger partial charge in [0.1, 0.15) is 6.04 Å². The highest BCUT2D eigenvalue weighted by Crippen LogP contribution is 2.26. The number of methoxy groups -OCH3 is 1. The minimum absolute atomic E-state index is 0.124. The number of carbonyl (C=O) groups excluding carboxylic acids is 1. The van der Waals surface area contributed by atoms with Crippen molar-refractivity contribution in [3.63, 3.8) is 0 Å². The minimum Gasteiger partial charge on any atom is -0.468 e. The molecule has 1 saturated heterocycles. The van der Waals surface area contributed by atoms with Gasteiger partial charge in [-0.05, 0) is 23.1 Å². The number of rotatable bonds is 3. The highest BCUT2D eigenvalue weighted by molar-refractivity contribution is 5.76. The Bertz CT molecular complexity index is 610. The fraction of sp³-hybridized carbons (Fsp3) is 0.235. The molecule has 0 bridgehead atoms. The van der Waals surface area contributed by atoms with Gasteiger partial charge in [0.15, 0.2) is 0 Å². The third-order valence-corrected chi connectivity index (χ3v) is 3.81. The molecule has 2 atom stereocenters. The molecule has 2 aromatic rings. The monoisotopic (exact) mass is 282 g/mol. The van der Waals surface area contributed by atoms with Gasteiger partial charge in [0.2, 0.25) is 0 Å². The van der Waals surface area contributed by atoms with Crippen LogP contribution in [-0.4, -0.2) is 19.1 Å². The van der Waals surface area contributed by atoms with Gasteiger partial charge in [0.25, 0.3) is 0 Å². The topological polar surface area (TPSA) is 50.4 Å². The number of esters is 1. The number of benzene rings is 2. The van der Waals surface area contributed by atoms with Crippen molar-refractivity contribution in [3.05, 3.63) is 60.2 Å². The summed E-state index contributed by atoms with van der Waals surface area (Å²) in [5, 5.41) is 0. The first-order valence-corrected chi connectivity index (χ1v) is 7.02. The van der Waals surface area contributed by atoms with Gasteiger partial charge in [-0.15, -0.1) is 0 Å². The second kappa shape index (κ2) is 6.08. The summed E-state index contributed by atoms with van der Waals surface area (Å²) >= 11 is 0. The Balaban J connectivity index is 1.72. The zero-order valence-corrected chi connectivity index (χ0v) is 11.9. The summed E-state index contributed by atoms with van der Waals surface area (Å²) in [5.41, 5.74) is 9.68. The molecule has 3 rings (SSSR count). The molecular formula is C17H18N2O2. The fourth-order valence-electron chi connectivity index (χ4n) is 2.61. The highest BCUT2D eigenvalue weighted by atomic mass is 16.5. The van der Waals surface area contributed by atoms with Crippen LogP contribution in [0.3, 0.4) is 0 Å². The van der Waals surface area contributed by atoms with Crippen LogP contribution >= 0.6 is 0 Å².